The molecule has 0 saturated heterocycles. The maximum absolute atomic E-state index is 13.0. The lowest BCUT2D eigenvalue weighted by Crippen LogP contribution is -2.24. The van der Waals surface area contributed by atoms with Crippen molar-refractivity contribution in [2.75, 3.05) is 5.75 Å². The minimum atomic E-state index is -4.61. The van der Waals surface area contributed by atoms with E-state index in [4.69, 9.17) is 4.74 Å². The predicted molar refractivity (Wildman–Crippen MR) is 106 cm³/mol. The lowest BCUT2D eigenvalue weighted by molar-refractivity contribution is -0.141. The van der Waals surface area contributed by atoms with Gasteiger partial charge in [0.15, 0.2) is 11.6 Å². The van der Waals surface area contributed by atoms with Crippen LogP contribution in [0.1, 0.15) is 32.2 Å². The summed E-state index contributed by atoms with van der Waals surface area (Å²) in [6, 6.07) is 2.51. The summed E-state index contributed by atoms with van der Waals surface area (Å²) in [7, 11) is 0.215. The molecule has 1 unspecified atom stereocenters. The van der Waals surface area contributed by atoms with Gasteiger partial charge in [-0.1, -0.05) is 6.92 Å². The van der Waals surface area contributed by atoms with Gasteiger partial charge in [0.2, 0.25) is 0 Å². The Labute approximate surface area is 178 Å². The van der Waals surface area contributed by atoms with Crippen molar-refractivity contribution in [1.29, 1.82) is 0 Å². The molecule has 0 radical (unpaired) electrons. The lowest BCUT2D eigenvalue weighted by atomic mass is 10.1. The molecule has 1 aliphatic rings. The molecular formula is C19H19F3N6O2S. The fraction of sp³-hybridized carbons (Fsp3) is 0.421. The summed E-state index contributed by atoms with van der Waals surface area (Å²) >= 11 is 0. The highest BCUT2D eigenvalue weighted by atomic mass is 32.2. The molecule has 0 N–H and O–H groups in total. The zero-order chi connectivity index (χ0) is 22.6. The third kappa shape index (κ3) is 3.91. The van der Waals surface area contributed by atoms with Gasteiger partial charge in [-0.25, -0.2) is 15.0 Å². The molecule has 0 saturated carbocycles. The lowest BCUT2D eigenvalue weighted by Gasteiger charge is -2.16. The van der Waals surface area contributed by atoms with Crippen LogP contribution in [0.2, 0.25) is 0 Å². The van der Waals surface area contributed by atoms with Crippen molar-refractivity contribution in [2.45, 2.75) is 43.9 Å². The van der Waals surface area contributed by atoms with E-state index in [1.807, 2.05) is 13.8 Å². The number of nitrogens with zero attached hydrogens (tertiary/aromatic N) is 6. The fourth-order valence-corrected chi connectivity index (χ4v) is 4.25. The number of halogens is 3. The normalized spacial score (nSPS) is 16.1. The second kappa shape index (κ2) is 7.36. The zero-order valence-corrected chi connectivity index (χ0v) is 18.0. The number of hydrogen-bond donors (Lipinski definition) is 0. The van der Waals surface area contributed by atoms with E-state index in [1.165, 1.54) is 4.57 Å². The molecule has 1 atom stereocenters. The van der Waals surface area contributed by atoms with Gasteiger partial charge in [0, 0.05) is 25.3 Å². The van der Waals surface area contributed by atoms with Crippen LogP contribution < -0.4 is 4.74 Å². The Bertz CT molecular complexity index is 1190. The Kier molecular flexibility index (Phi) is 5.07. The molecular weight excluding hydrogens is 433 g/mol. The third-order valence-corrected chi connectivity index (χ3v) is 6.11. The molecule has 4 heterocycles. The first-order valence-electron chi connectivity index (χ1n) is 9.41. The Hall–Kier alpha value is -2.89. The van der Waals surface area contributed by atoms with Gasteiger partial charge >= 0.3 is 6.18 Å². The van der Waals surface area contributed by atoms with Crippen LogP contribution in [-0.4, -0.2) is 45.3 Å². The molecule has 3 aromatic heterocycles. The average molecular weight is 452 g/mol. The van der Waals surface area contributed by atoms with E-state index >= 15 is 0 Å². The number of ether oxygens (including phenoxy) is 1. The topological polar surface area (TPSA) is 95.7 Å². The van der Waals surface area contributed by atoms with Gasteiger partial charge in [-0.15, -0.1) is 10.2 Å². The highest BCUT2D eigenvalue weighted by Gasteiger charge is 2.35. The standard InChI is InChI=1S/C19H19F3N6O2S/c1-5-31(29)13-7-12-11(8-18(2,3)30-12)25-15(13)17-27-26-16(28(17)4)10-6-14(19(20,21)22)24-9-23-10/h6-7,9H,5,8H2,1-4H3. The first-order chi connectivity index (χ1) is 14.5. The molecule has 1 aliphatic heterocycles. The molecule has 0 amide bonds. The van der Waals surface area contributed by atoms with E-state index in [0.717, 1.165) is 12.4 Å². The SMILES string of the molecule is CCS(=O)c1cc2c(nc1-c1nnc(-c3cc(C(F)(F)F)ncn3)n1C)CC(C)(C)O2. The maximum Gasteiger partial charge on any atom is 0.433 e. The summed E-state index contributed by atoms with van der Waals surface area (Å²) < 4.78 is 59.2. The molecule has 0 bridgehead atoms. The highest BCUT2D eigenvalue weighted by Crippen LogP contribution is 2.38. The summed E-state index contributed by atoms with van der Waals surface area (Å²) in [4.78, 5) is 12.3. The Morgan fingerprint density at radius 3 is 2.58 bits per heavy atom. The molecule has 12 heteroatoms. The van der Waals surface area contributed by atoms with E-state index in [9.17, 15) is 17.4 Å². The highest BCUT2D eigenvalue weighted by molar-refractivity contribution is 7.85. The van der Waals surface area contributed by atoms with Crippen molar-refractivity contribution < 1.29 is 22.1 Å². The van der Waals surface area contributed by atoms with Gasteiger partial charge < -0.3 is 9.30 Å². The second-order valence-electron chi connectivity index (χ2n) is 7.65. The van der Waals surface area contributed by atoms with E-state index in [2.05, 4.69) is 25.1 Å². The van der Waals surface area contributed by atoms with Crippen molar-refractivity contribution in [1.82, 2.24) is 29.7 Å². The van der Waals surface area contributed by atoms with Crippen LogP contribution in [0.25, 0.3) is 23.0 Å². The minimum absolute atomic E-state index is 0.0348. The largest absolute Gasteiger partial charge is 0.485 e. The number of rotatable bonds is 4. The van der Waals surface area contributed by atoms with E-state index in [1.54, 1.807) is 20.0 Å². The Morgan fingerprint density at radius 1 is 1.19 bits per heavy atom. The molecule has 4 rings (SSSR count). The van der Waals surface area contributed by atoms with Crippen molar-refractivity contribution in [3.05, 3.63) is 29.8 Å². The number of alkyl halides is 3. The summed E-state index contributed by atoms with van der Waals surface area (Å²) in [6.07, 6.45) is -3.23. The molecule has 164 valence electrons. The van der Waals surface area contributed by atoms with Crippen LogP contribution in [0.3, 0.4) is 0 Å². The summed E-state index contributed by atoms with van der Waals surface area (Å²) in [6.45, 7) is 5.64. The van der Waals surface area contributed by atoms with Crippen molar-refractivity contribution >= 4 is 10.8 Å². The van der Waals surface area contributed by atoms with Gasteiger partial charge in [0.05, 0.1) is 21.4 Å². The molecule has 8 nitrogen and oxygen atoms in total. The summed E-state index contributed by atoms with van der Waals surface area (Å²) in [5.41, 5.74) is -0.509. The fourth-order valence-electron chi connectivity index (χ4n) is 3.35. The van der Waals surface area contributed by atoms with Crippen LogP contribution in [0, 0.1) is 0 Å². The average Bonchev–Trinajstić information content (AvgIpc) is 3.23. The maximum atomic E-state index is 13.0. The number of fused-ring (bicyclic) bond motifs is 1. The minimum Gasteiger partial charge on any atom is -0.485 e. The molecule has 3 aromatic rings. The first kappa shape index (κ1) is 21.3. The van der Waals surface area contributed by atoms with Crippen LogP contribution in [0.5, 0.6) is 5.75 Å². The molecule has 0 spiro atoms. The molecule has 0 aromatic carbocycles. The van der Waals surface area contributed by atoms with Crippen molar-refractivity contribution in [3.8, 4) is 28.8 Å². The number of aromatic nitrogens is 6. The van der Waals surface area contributed by atoms with Gasteiger partial charge in [-0.05, 0) is 19.9 Å². The van der Waals surface area contributed by atoms with Crippen LogP contribution >= 0.6 is 0 Å². The molecule has 31 heavy (non-hydrogen) atoms. The predicted octanol–water partition coefficient (Wildman–Crippen LogP) is 3.19. The van der Waals surface area contributed by atoms with Crippen molar-refractivity contribution in [2.24, 2.45) is 7.05 Å². The number of pyridine rings is 1. The summed E-state index contributed by atoms with van der Waals surface area (Å²) in [5, 5.41) is 8.15. The number of hydrogen-bond acceptors (Lipinski definition) is 7. The van der Waals surface area contributed by atoms with Gasteiger partial charge in [0.25, 0.3) is 0 Å². The van der Waals surface area contributed by atoms with Crippen LogP contribution in [-0.2, 0) is 30.4 Å². The smallest absolute Gasteiger partial charge is 0.433 e. The van der Waals surface area contributed by atoms with Crippen molar-refractivity contribution in [3.63, 3.8) is 0 Å². The van der Waals surface area contributed by atoms with E-state index in [-0.39, 0.29) is 17.3 Å². The monoisotopic (exact) mass is 452 g/mol. The van der Waals surface area contributed by atoms with Gasteiger partial charge in [-0.3, -0.25) is 4.21 Å². The van der Waals surface area contributed by atoms with Crippen LogP contribution in [0.15, 0.2) is 23.4 Å². The van der Waals surface area contributed by atoms with Crippen LogP contribution in [0.4, 0.5) is 13.2 Å². The van der Waals surface area contributed by atoms with Gasteiger partial charge in [0.1, 0.15) is 34.8 Å². The molecule has 0 aliphatic carbocycles. The van der Waals surface area contributed by atoms with E-state index in [0.29, 0.717) is 34.2 Å². The first-order valence-corrected chi connectivity index (χ1v) is 10.7. The second-order valence-corrected chi connectivity index (χ2v) is 9.35. The Balaban J connectivity index is 1.84. The van der Waals surface area contributed by atoms with E-state index < -0.39 is 28.3 Å². The van der Waals surface area contributed by atoms with Gasteiger partial charge in [-0.2, -0.15) is 13.2 Å². The zero-order valence-electron chi connectivity index (χ0n) is 17.2. The quantitative estimate of drug-likeness (QED) is 0.600. The third-order valence-electron chi connectivity index (χ3n) is 4.79. The Morgan fingerprint density at radius 2 is 1.90 bits per heavy atom. The summed E-state index contributed by atoms with van der Waals surface area (Å²) in [5.74, 6) is 1.29. The molecule has 0 fully saturated rings.